The molecule has 0 saturated carbocycles. The predicted molar refractivity (Wildman–Crippen MR) is 35.9 cm³/mol. The molecule has 1 aliphatic rings. The van der Waals surface area contributed by atoms with Gasteiger partial charge in [0, 0.05) is 13.1 Å². The van der Waals surface area contributed by atoms with Crippen LogP contribution in [0.4, 0.5) is 4.39 Å². The van der Waals surface area contributed by atoms with Gasteiger partial charge in [0.15, 0.2) is 0 Å². The highest BCUT2D eigenvalue weighted by atomic mass is 19.1. The Morgan fingerprint density at radius 2 is 2.56 bits per heavy atom. The molecule has 0 bridgehead atoms. The molecule has 0 aromatic rings. The van der Waals surface area contributed by atoms with Crippen molar-refractivity contribution >= 4 is 0 Å². The van der Waals surface area contributed by atoms with Crippen molar-refractivity contribution in [3.8, 4) is 0 Å². The molecule has 1 nitrogen and oxygen atoms in total. The van der Waals surface area contributed by atoms with E-state index in [1.807, 2.05) is 0 Å². The Kier molecular flexibility index (Phi) is 2.22. The summed E-state index contributed by atoms with van der Waals surface area (Å²) in [5, 5.41) is 0. The van der Waals surface area contributed by atoms with Crippen molar-refractivity contribution in [3.63, 3.8) is 0 Å². The van der Waals surface area contributed by atoms with Crippen LogP contribution in [0.15, 0.2) is 11.9 Å². The summed E-state index contributed by atoms with van der Waals surface area (Å²) in [6.07, 6.45) is 2.55. The van der Waals surface area contributed by atoms with Crippen LogP contribution in [0.3, 0.4) is 0 Å². The minimum atomic E-state index is 0.0306. The zero-order chi connectivity index (χ0) is 6.69. The maximum absolute atomic E-state index is 12.4. The van der Waals surface area contributed by atoms with Gasteiger partial charge in [0.25, 0.3) is 0 Å². The highest BCUT2D eigenvalue weighted by Crippen LogP contribution is 2.08. The molecule has 0 fully saturated rings. The topological polar surface area (TPSA) is 3.24 Å². The molecule has 52 valence electrons. The van der Waals surface area contributed by atoms with Crippen LogP contribution in [-0.2, 0) is 0 Å². The van der Waals surface area contributed by atoms with E-state index in [1.165, 1.54) is 0 Å². The maximum Gasteiger partial charge on any atom is 0.110 e. The molecule has 0 unspecified atom stereocenters. The molecular weight excluding hydrogens is 117 g/mol. The van der Waals surface area contributed by atoms with E-state index in [2.05, 4.69) is 11.8 Å². The normalized spacial score (nSPS) is 21.8. The number of hydrogen-bond acceptors (Lipinski definition) is 1. The van der Waals surface area contributed by atoms with Crippen molar-refractivity contribution in [2.75, 3.05) is 19.6 Å². The van der Waals surface area contributed by atoms with Crippen LogP contribution in [0.25, 0.3) is 0 Å². The summed E-state index contributed by atoms with van der Waals surface area (Å²) in [6.45, 7) is 4.56. The average molecular weight is 129 g/mol. The van der Waals surface area contributed by atoms with Gasteiger partial charge in [0.2, 0.25) is 0 Å². The molecule has 1 heterocycles. The van der Waals surface area contributed by atoms with Crippen LogP contribution < -0.4 is 0 Å². The minimum Gasteiger partial charge on any atom is -0.297 e. The lowest BCUT2D eigenvalue weighted by Gasteiger charge is -2.21. The molecule has 9 heavy (non-hydrogen) atoms. The lowest BCUT2D eigenvalue weighted by Crippen LogP contribution is -2.28. The molecule has 0 saturated heterocycles. The van der Waals surface area contributed by atoms with Gasteiger partial charge in [-0.05, 0) is 13.0 Å². The van der Waals surface area contributed by atoms with Gasteiger partial charge in [0.05, 0.1) is 0 Å². The van der Waals surface area contributed by atoms with Gasteiger partial charge in [-0.1, -0.05) is 13.0 Å². The van der Waals surface area contributed by atoms with Crippen molar-refractivity contribution in [1.29, 1.82) is 0 Å². The summed E-state index contributed by atoms with van der Waals surface area (Å²) in [7, 11) is 0. The SMILES string of the molecule is CCN1CCC=C(F)C1. The second-order valence-electron chi connectivity index (χ2n) is 2.31. The highest BCUT2D eigenvalue weighted by molar-refractivity contribution is 4.98. The fourth-order valence-corrected chi connectivity index (χ4v) is 1.03. The summed E-state index contributed by atoms with van der Waals surface area (Å²) in [5.41, 5.74) is 0. The average Bonchev–Trinajstić information content (AvgIpc) is 1.88. The maximum atomic E-state index is 12.4. The zero-order valence-electron chi connectivity index (χ0n) is 5.73. The van der Waals surface area contributed by atoms with Crippen LogP contribution in [-0.4, -0.2) is 24.5 Å². The van der Waals surface area contributed by atoms with Crippen molar-refractivity contribution in [2.24, 2.45) is 0 Å². The van der Waals surface area contributed by atoms with Crippen molar-refractivity contribution in [1.82, 2.24) is 4.90 Å². The van der Waals surface area contributed by atoms with E-state index < -0.39 is 0 Å². The molecule has 0 radical (unpaired) electrons. The molecule has 0 aromatic heterocycles. The molecule has 0 aliphatic carbocycles. The molecule has 0 aromatic carbocycles. The van der Waals surface area contributed by atoms with Gasteiger partial charge in [-0.3, -0.25) is 4.90 Å². The van der Waals surface area contributed by atoms with Gasteiger partial charge < -0.3 is 0 Å². The number of rotatable bonds is 1. The monoisotopic (exact) mass is 129 g/mol. The van der Waals surface area contributed by atoms with Crippen LogP contribution >= 0.6 is 0 Å². The van der Waals surface area contributed by atoms with E-state index in [0.29, 0.717) is 6.54 Å². The Morgan fingerprint density at radius 1 is 1.78 bits per heavy atom. The van der Waals surface area contributed by atoms with Gasteiger partial charge in [0.1, 0.15) is 5.83 Å². The van der Waals surface area contributed by atoms with Gasteiger partial charge >= 0.3 is 0 Å². The number of likely N-dealkylation sites (N-methyl/N-ethyl adjacent to an activating group) is 1. The molecule has 1 rings (SSSR count). The van der Waals surface area contributed by atoms with Crippen molar-refractivity contribution < 1.29 is 4.39 Å². The third-order valence-electron chi connectivity index (χ3n) is 1.63. The van der Waals surface area contributed by atoms with Gasteiger partial charge in [-0.15, -0.1) is 0 Å². The van der Waals surface area contributed by atoms with E-state index in [-0.39, 0.29) is 5.83 Å². The molecule has 2 heteroatoms. The van der Waals surface area contributed by atoms with Crippen molar-refractivity contribution in [2.45, 2.75) is 13.3 Å². The fraction of sp³-hybridized carbons (Fsp3) is 0.714. The molecule has 0 N–H and O–H groups in total. The summed E-state index contributed by atoms with van der Waals surface area (Å²) in [6, 6.07) is 0. The largest absolute Gasteiger partial charge is 0.297 e. The van der Waals surface area contributed by atoms with E-state index in [0.717, 1.165) is 19.5 Å². The first-order valence-electron chi connectivity index (χ1n) is 3.40. The molecular formula is C7H12FN. The number of halogens is 1. The Hall–Kier alpha value is -0.370. The van der Waals surface area contributed by atoms with E-state index >= 15 is 0 Å². The fourth-order valence-electron chi connectivity index (χ4n) is 1.03. The third-order valence-corrected chi connectivity index (χ3v) is 1.63. The summed E-state index contributed by atoms with van der Waals surface area (Å²) in [4.78, 5) is 2.09. The number of nitrogens with zero attached hydrogens (tertiary/aromatic N) is 1. The third kappa shape index (κ3) is 1.79. The quantitative estimate of drug-likeness (QED) is 0.519. The van der Waals surface area contributed by atoms with Crippen molar-refractivity contribution in [3.05, 3.63) is 11.9 Å². The smallest absolute Gasteiger partial charge is 0.110 e. The molecule has 0 amide bonds. The van der Waals surface area contributed by atoms with Crippen LogP contribution in [0.5, 0.6) is 0 Å². The second-order valence-corrected chi connectivity index (χ2v) is 2.31. The van der Waals surface area contributed by atoms with Gasteiger partial charge in [-0.2, -0.15) is 0 Å². The molecule has 1 aliphatic heterocycles. The second kappa shape index (κ2) is 2.97. The predicted octanol–water partition coefficient (Wildman–Crippen LogP) is 1.57. The van der Waals surface area contributed by atoms with Gasteiger partial charge in [-0.25, -0.2) is 4.39 Å². The summed E-state index contributed by atoms with van der Waals surface area (Å²) < 4.78 is 12.4. The molecule has 0 spiro atoms. The first-order valence-corrected chi connectivity index (χ1v) is 3.40. The summed E-state index contributed by atoms with van der Waals surface area (Å²) >= 11 is 0. The van der Waals surface area contributed by atoms with E-state index in [4.69, 9.17) is 0 Å². The standard InChI is InChI=1S/C7H12FN/c1-2-9-5-3-4-7(8)6-9/h4H,2-3,5-6H2,1H3. The molecule has 0 atom stereocenters. The summed E-state index contributed by atoms with van der Waals surface area (Å²) in [5.74, 6) is 0.0306. The minimum absolute atomic E-state index is 0.0306. The number of hydrogen-bond donors (Lipinski definition) is 0. The Bertz CT molecular complexity index is 120. The zero-order valence-corrected chi connectivity index (χ0v) is 5.73. The van der Waals surface area contributed by atoms with Crippen LogP contribution in [0.1, 0.15) is 13.3 Å². The Balaban J connectivity index is 2.39. The Labute approximate surface area is 55.2 Å². The first-order chi connectivity index (χ1) is 4.33. The van der Waals surface area contributed by atoms with E-state index in [1.54, 1.807) is 6.08 Å². The first kappa shape index (κ1) is 6.75. The van der Waals surface area contributed by atoms with Crippen LogP contribution in [0.2, 0.25) is 0 Å². The van der Waals surface area contributed by atoms with Crippen LogP contribution in [0, 0.1) is 0 Å². The lowest BCUT2D eigenvalue weighted by molar-refractivity contribution is 0.280. The van der Waals surface area contributed by atoms with E-state index in [9.17, 15) is 4.39 Å². The highest BCUT2D eigenvalue weighted by Gasteiger charge is 2.08. The lowest BCUT2D eigenvalue weighted by atomic mass is 10.2. The Morgan fingerprint density at radius 3 is 3.00 bits per heavy atom.